The van der Waals surface area contributed by atoms with E-state index in [1.807, 2.05) is 4.90 Å². The van der Waals surface area contributed by atoms with E-state index in [1.165, 1.54) is 6.42 Å². The van der Waals surface area contributed by atoms with E-state index in [2.05, 4.69) is 20.8 Å². The summed E-state index contributed by atoms with van der Waals surface area (Å²) in [5.41, 5.74) is 0. The Morgan fingerprint density at radius 2 is 2.06 bits per heavy atom. The quantitative estimate of drug-likeness (QED) is 0.801. The molecule has 0 aromatic rings. The van der Waals surface area contributed by atoms with Crippen molar-refractivity contribution in [3.05, 3.63) is 0 Å². The summed E-state index contributed by atoms with van der Waals surface area (Å²) in [6, 6.07) is 0.345. The Morgan fingerprint density at radius 1 is 1.44 bits per heavy atom. The molecule has 16 heavy (non-hydrogen) atoms. The van der Waals surface area contributed by atoms with Gasteiger partial charge >= 0.3 is 0 Å². The zero-order valence-electron chi connectivity index (χ0n) is 10.9. The molecular formula is C13H25NO2. The Labute approximate surface area is 98.8 Å². The minimum Gasteiger partial charge on any atom is -0.393 e. The van der Waals surface area contributed by atoms with Gasteiger partial charge < -0.3 is 10.0 Å². The van der Waals surface area contributed by atoms with Crippen LogP contribution in [0, 0.1) is 11.8 Å². The van der Waals surface area contributed by atoms with Crippen molar-refractivity contribution in [2.45, 2.75) is 59.1 Å². The normalized spacial score (nSPS) is 32.6. The van der Waals surface area contributed by atoms with Crippen molar-refractivity contribution in [1.82, 2.24) is 4.90 Å². The van der Waals surface area contributed by atoms with Gasteiger partial charge in [-0.25, -0.2) is 0 Å². The fourth-order valence-electron chi connectivity index (χ4n) is 2.52. The van der Waals surface area contributed by atoms with Gasteiger partial charge in [0.05, 0.1) is 6.10 Å². The molecule has 1 amide bonds. The number of likely N-dealkylation sites (tertiary alicyclic amines) is 1. The number of nitrogens with zero attached hydrogens (tertiary/aromatic N) is 1. The number of aliphatic hydroxyl groups excluding tert-OH is 1. The molecule has 1 N–H and O–H groups in total. The molecule has 4 atom stereocenters. The molecule has 94 valence electrons. The first-order valence-corrected chi connectivity index (χ1v) is 6.39. The van der Waals surface area contributed by atoms with Gasteiger partial charge in [0, 0.05) is 19.0 Å². The highest BCUT2D eigenvalue weighted by atomic mass is 16.3. The van der Waals surface area contributed by atoms with Gasteiger partial charge in [-0.3, -0.25) is 4.79 Å². The highest BCUT2D eigenvalue weighted by Gasteiger charge is 2.31. The van der Waals surface area contributed by atoms with Crippen LogP contribution < -0.4 is 0 Å². The number of aliphatic hydroxyl groups is 1. The summed E-state index contributed by atoms with van der Waals surface area (Å²) in [5.74, 6) is 1.38. The van der Waals surface area contributed by atoms with Gasteiger partial charge in [0.1, 0.15) is 0 Å². The smallest absolute Gasteiger partial charge is 0.222 e. The molecule has 0 radical (unpaired) electrons. The summed E-state index contributed by atoms with van der Waals surface area (Å²) in [4.78, 5) is 14.0. The van der Waals surface area contributed by atoms with Gasteiger partial charge in [0.25, 0.3) is 0 Å². The molecule has 0 aromatic carbocycles. The van der Waals surface area contributed by atoms with E-state index < -0.39 is 0 Å². The second-order valence-electron chi connectivity index (χ2n) is 5.49. The summed E-state index contributed by atoms with van der Waals surface area (Å²) in [6.45, 7) is 9.17. The minimum atomic E-state index is -0.376. The molecule has 0 aromatic heterocycles. The zero-order chi connectivity index (χ0) is 12.3. The SMILES string of the molecule is CC(O)CCC(=O)N1CC(C)CC(C)C1C. The standard InChI is InChI=1S/C13H25NO2/c1-9-7-10(2)12(4)14(8-9)13(16)6-5-11(3)15/h9-12,15H,5-8H2,1-4H3. The maximum atomic E-state index is 12.0. The second-order valence-corrected chi connectivity index (χ2v) is 5.49. The maximum absolute atomic E-state index is 12.0. The summed E-state index contributed by atoms with van der Waals surface area (Å²) in [6.07, 6.45) is 1.88. The average molecular weight is 227 g/mol. The van der Waals surface area contributed by atoms with Crippen LogP contribution in [0.5, 0.6) is 0 Å². The molecule has 4 unspecified atom stereocenters. The number of carbonyl (C=O) groups excluding carboxylic acids is 1. The fourth-order valence-corrected chi connectivity index (χ4v) is 2.52. The molecule has 1 fully saturated rings. The number of amides is 1. The second kappa shape index (κ2) is 5.67. The number of piperidine rings is 1. The van der Waals surface area contributed by atoms with Crippen molar-refractivity contribution in [2.75, 3.05) is 6.54 Å². The van der Waals surface area contributed by atoms with E-state index in [1.54, 1.807) is 6.92 Å². The molecule has 3 heteroatoms. The Hall–Kier alpha value is -0.570. The first-order chi connectivity index (χ1) is 7.41. The van der Waals surface area contributed by atoms with Crippen molar-refractivity contribution in [3.8, 4) is 0 Å². The molecule has 1 heterocycles. The summed E-state index contributed by atoms with van der Waals surface area (Å²) in [7, 11) is 0. The lowest BCUT2D eigenvalue weighted by Gasteiger charge is -2.41. The van der Waals surface area contributed by atoms with E-state index in [9.17, 15) is 9.90 Å². The predicted molar refractivity (Wildman–Crippen MR) is 65.0 cm³/mol. The van der Waals surface area contributed by atoms with Crippen LogP contribution in [0.25, 0.3) is 0 Å². The third-order valence-electron chi connectivity index (χ3n) is 3.69. The maximum Gasteiger partial charge on any atom is 0.222 e. The van der Waals surface area contributed by atoms with Crippen molar-refractivity contribution >= 4 is 5.91 Å². The molecule has 0 aliphatic carbocycles. The summed E-state index contributed by atoms with van der Waals surface area (Å²) < 4.78 is 0. The van der Waals surface area contributed by atoms with Crippen LogP contribution in [-0.2, 0) is 4.79 Å². The average Bonchev–Trinajstić information content (AvgIpc) is 2.19. The molecule has 1 saturated heterocycles. The number of rotatable bonds is 3. The van der Waals surface area contributed by atoms with Gasteiger partial charge in [-0.1, -0.05) is 13.8 Å². The molecule has 0 spiro atoms. The molecule has 1 aliphatic heterocycles. The van der Waals surface area contributed by atoms with Gasteiger partial charge in [0.15, 0.2) is 0 Å². The van der Waals surface area contributed by atoms with Crippen molar-refractivity contribution < 1.29 is 9.90 Å². The van der Waals surface area contributed by atoms with Crippen LogP contribution in [0.3, 0.4) is 0 Å². The Morgan fingerprint density at radius 3 is 2.62 bits per heavy atom. The first kappa shape index (κ1) is 13.5. The van der Waals surface area contributed by atoms with Gasteiger partial charge in [0.2, 0.25) is 5.91 Å². The van der Waals surface area contributed by atoms with Crippen LogP contribution in [0.2, 0.25) is 0 Å². The van der Waals surface area contributed by atoms with Gasteiger partial charge in [-0.2, -0.15) is 0 Å². The first-order valence-electron chi connectivity index (χ1n) is 6.39. The van der Waals surface area contributed by atoms with E-state index >= 15 is 0 Å². The Bertz CT molecular complexity index is 240. The Kier molecular flexibility index (Phi) is 4.78. The molecule has 3 nitrogen and oxygen atoms in total. The third kappa shape index (κ3) is 3.48. The minimum absolute atomic E-state index is 0.201. The van der Waals surface area contributed by atoms with Crippen LogP contribution in [0.4, 0.5) is 0 Å². The lowest BCUT2D eigenvalue weighted by atomic mass is 9.86. The van der Waals surface area contributed by atoms with E-state index in [0.29, 0.717) is 30.7 Å². The van der Waals surface area contributed by atoms with Gasteiger partial charge in [-0.05, 0) is 38.5 Å². The van der Waals surface area contributed by atoms with Crippen molar-refractivity contribution in [2.24, 2.45) is 11.8 Å². The van der Waals surface area contributed by atoms with Crippen LogP contribution in [0.15, 0.2) is 0 Å². The molecular weight excluding hydrogens is 202 g/mol. The van der Waals surface area contributed by atoms with E-state index in [4.69, 9.17) is 0 Å². The number of hydrogen-bond acceptors (Lipinski definition) is 2. The van der Waals surface area contributed by atoms with E-state index in [-0.39, 0.29) is 12.0 Å². The van der Waals surface area contributed by atoms with Crippen molar-refractivity contribution in [3.63, 3.8) is 0 Å². The van der Waals surface area contributed by atoms with E-state index in [0.717, 1.165) is 6.54 Å². The highest BCUT2D eigenvalue weighted by molar-refractivity contribution is 5.76. The van der Waals surface area contributed by atoms with Crippen LogP contribution in [-0.4, -0.2) is 34.6 Å². The zero-order valence-corrected chi connectivity index (χ0v) is 10.9. The van der Waals surface area contributed by atoms with Gasteiger partial charge in [-0.15, -0.1) is 0 Å². The number of carbonyl (C=O) groups is 1. The van der Waals surface area contributed by atoms with Crippen LogP contribution in [0.1, 0.15) is 47.0 Å². The summed E-state index contributed by atoms with van der Waals surface area (Å²) >= 11 is 0. The molecule has 0 bridgehead atoms. The predicted octanol–water partition coefficient (Wildman–Crippen LogP) is 2.04. The molecule has 1 rings (SSSR count). The lowest BCUT2D eigenvalue weighted by Crippen LogP contribution is -2.48. The third-order valence-corrected chi connectivity index (χ3v) is 3.69. The molecule has 1 aliphatic rings. The topological polar surface area (TPSA) is 40.5 Å². The molecule has 0 saturated carbocycles. The monoisotopic (exact) mass is 227 g/mol. The Balaban J connectivity index is 2.52. The number of hydrogen-bond donors (Lipinski definition) is 1. The van der Waals surface area contributed by atoms with Crippen LogP contribution >= 0.6 is 0 Å². The highest BCUT2D eigenvalue weighted by Crippen LogP contribution is 2.27. The van der Waals surface area contributed by atoms with Crippen molar-refractivity contribution in [1.29, 1.82) is 0 Å². The largest absolute Gasteiger partial charge is 0.393 e. The lowest BCUT2D eigenvalue weighted by molar-refractivity contribution is -0.137. The summed E-state index contributed by atoms with van der Waals surface area (Å²) in [5, 5.41) is 9.20. The fraction of sp³-hybridized carbons (Fsp3) is 0.923.